The fourth-order valence-corrected chi connectivity index (χ4v) is 1.01. The molecule has 1 aliphatic rings. The van der Waals surface area contributed by atoms with Gasteiger partial charge in [-0.15, -0.1) is 0 Å². The Morgan fingerprint density at radius 1 is 1.57 bits per heavy atom. The van der Waals surface area contributed by atoms with Crippen molar-refractivity contribution >= 4 is 0 Å². The fourth-order valence-electron chi connectivity index (χ4n) is 1.01. The van der Waals surface area contributed by atoms with Crippen LogP contribution in [0.5, 0.6) is 0 Å². The molecule has 0 aromatic rings. The van der Waals surface area contributed by atoms with Gasteiger partial charge in [0.1, 0.15) is 0 Å². The Labute approximate surface area is 45.9 Å². The predicted octanol–water partition coefficient (Wildman–Crippen LogP) is 2.40. The van der Waals surface area contributed by atoms with Crippen molar-refractivity contribution in [2.24, 2.45) is 5.92 Å². The SMILES string of the molecule is CC[CH+]C1CCC1. The van der Waals surface area contributed by atoms with E-state index < -0.39 is 0 Å². The Morgan fingerprint density at radius 2 is 2.29 bits per heavy atom. The highest BCUT2D eigenvalue weighted by atomic mass is 14.2. The van der Waals surface area contributed by atoms with Gasteiger partial charge in [-0.1, -0.05) is 0 Å². The van der Waals surface area contributed by atoms with Crippen molar-refractivity contribution in [1.29, 1.82) is 0 Å². The molecule has 0 N–H and O–H groups in total. The van der Waals surface area contributed by atoms with E-state index in [4.69, 9.17) is 0 Å². The standard InChI is InChI=1S/C7H13/c1-2-4-7-5-3-6-7/h4,7H,2-3,5-6H2,1H3/q+1. The van der Waals surface area contributed by atoms with Gasteiger partial charge >= 0.3 is 0 Å². The van der Waals surface area contributed by atoms with Gasteiger partial charge in [0.2, 0.25) is 0 Å². The first kappa shape index (κ1) is 5.02. The molecule has 1 saturated carbocycles. The minimum absolute atomic E-state index is 1.00. The van der Waals surface area contributed by atoms with Crippen molar-refractivity contribution in [1.82, 2.24) is 0 Å². The molecular formula is C7H13+. The molecule has 0 aromatic carbocycles. The van der Waals surface area contributed by atoms with Crippen LogP contribution in [0.15, 0.2) is 0 Å². The lowest BCUT2D eigenvalue weighted by molar-refractivity contribution is 0.356. The van der Waals surface area contributed by atoms with Crippen LogP contribution in [0.25, 0.3) is 0 Å². The molecule has 0 nitrogen and oxygen atoms in total. The van der Waals surface area contributed by atoms with Crippen LogP contribution in [-0.2, 0) is 0 Å². The zero-order valence-electron chi connectivity index (χ0n) is 4.98. The molecule has 0 spiro atoms. The molecule has 0 radical (unpaired) electrons. The van der Waals surface area contributed by atoms with Gasteiger partial charge in [0.05, 0.1) is 18.8 Å². The summed E-state index contributed by atoms with van der Waals surface area (Å²) in [6, 6.07) is 0. The zero-order valence-corrected chi connectivity index (χ0v) is 4.98. The summed E-state index contributed by atoms with van der Waals surface area (Å²) in [5, 5.41) is 0. The van der Waals surface area contributed by atoms with Gasteiger partial charge in [-0.2, -0.15) is 0 Å². The normalized spacial score (nSPS) is 21.3. The molecule has 1 fully saturated rings. The molecule has 0 amide bonds. The van der Waals surface area contributed by atoms with E-state index in [1.54, 1.807) is 0 Å². The third kappa shape index (κ3) is 1.12. The lowest BCUT2D eigenvalue weighted by Crippen LogP contribution is -2.10. The first-order valence-corrected chi connectivity index (χ1v) is 3.27. The van der Waals surface area contributed by atoms with Crippen molar-refractivity contribution in [2.45, 2.75) is 32.6 Å². The summed E-state index contributed by atoms with van der Waals surface area (Å²) in [4.78, 5) is 0. The Bertz CT molecular complexity index is 44.0. The molecule has 0 heterocycles. The van der Waals surface area contributed by atoms with E-state index in [0.29, 0.717) is 0 Å². The Morgan fingerprint density at radius 3 is 2.43 bits per heavy atom. The average Bonchev–Trinajstić information content (AvgIpc) is 1.55. The third-order valence-corrected chi connectivity index (χ3v) is 1.72. The van der Waals surface area contributed by atoms with Crippen molar-refractivity contribution in [3.63, 3.8) is 0 Å². The molecule has 0 atom stereocenters. The molecule has 7 heavy (non-hydrogen) atoms. The van der Waals surface area contributed by atoms with Crippen molar-refractivity contribution < 1.29 is 0 Å². The maximum atomic E-state index is 2.43. The lowest BCUT2D eigenvalue weighted by atomic mass is 9.82. The molecule has 0 aromatic heterocycles. The van der Waals surface area contributed by atoms with Crippen LogP contribution >= 0.6 is 0 Å². The fraction of sp³-hybridized carbons (Fsp3) is 0.857. The van der Waals surface area contributed by atoms with Crippen LogP contribution in [0.2, 0.25) is 0 Å². The Kier molecular flexibility index (Phi) is 1.61. The monoisotopic (exact) mass is 97.1 g/mol. The molecule has 1 rings (SSSR count). The summed E-state index contributed by atoms with van der Waals surface area (Å²) in [6.07, 6.45) is 8.11. The third-order valence-electron chi connectivity index (χ3n) is 1.72. The number of hydrogen-bond donors (Lipinski definition) is 0. The second kappa shape index (κ2) is 2.25. The van der Waals surface area contributed by atoms with E-state index in [0.717, 1.165) is 5.92 Å². The molecule has 0 saturated heterocycles. The van der Waals surface area contributed by atoms with Crippen LogP contribution in [0.3, 0.4) is 0 Å². The average molecular weight is 97.2 g/mol. The maximum absolute atomic E-state index is 2.43. The Balaban J connectivity index is 1.93. The van der Waals surface area contributed by atoms with Crippen LogP contribution < -0.4 is 0 Å². The summed E-state index contributed by atoms with van der Waals surface area (Å²) in [5.41, 5.74) is 0. The summed E-state index contributed by atoms with van der Waals surface area (Å²) in [5.74, 6) is 1.00. The molecule has 40 valence electrons. The number of hydrogen-bond acceptors (Lipinski definition) is 0. The first-order chi connectivity index (χ1) is 3.43. The highest BCUT2D eigenvalue weighted by Crippen LogP contribution is 2.29. The quantitative estimate of drug-likeness (QED) is 0.464. The second-order valence-corrected chi connectivity index (χ2v) is 2.33. The smallest absolute Gasteiger partial charge is 0.0446 e. The lowest BCUT2D eigenvalue weighted by Gasteiger charge is -2.16. The van der Waals surface area contributed by atoms with E-state index >= 15 is 0 Å². The maximum Gasteiger partial charge on any atom is 0.0977 e. The van der Waals surface area contributed by atoms with E-state index in [1.165, 1.54) is 25.7 Å². The molecule has 1 aliphatic carbocycles. The molecule has 0 heteroatoms. The van der Waals surface area contributed by atoms with Crippen LogP contribution in [0.1, 0.15) is 32.6 Å². The van der Waals surface area contributed by atoms with Crippen molar-refractivity contribution in [3.05, 3.63) is 6.42 Å². The second-order valence-electron chi connectivity index (χ2n) is 2.33. The summed E-state index contributed by atoms with van der Waals surface area (Å²) in [6.45, 7) is 2.22. The highest BCUT2D eigenvalue weighted by Gasteiger charge is 2.23. The minimum Gasteiger partial charge on any atom is -0.0446 e. The van der Waals surface area contributed by atoms with E-state index in [1.807, 2.05) is 0 Å². The summed E-state index contributed by atoms with van der Waals surface area (Å²) >= 11 is 0. The molecular weight excluding hydrogens is 84.1 g/mol. The van der Waals surface area contributed by atoms with Crippen molar-refractivity contribution in [2.75, 3.05) is 0 Å². The molecule has 0 aliphatic heterocycles. The van der Waals surface area contributed by atoms with E-state index in [-0.39, 0.29) is 0 Å². The zero-order chi connectivity index (χ0) is 5.11. The van der Waals surface area contributed by atoms with Crippen LogP contribution in [-0.4, -0.2) is 0 Å². The topological polar surface area (TPSA) is 0 Å². The van der Waals surface area contributed by atoms with Crippen LogP contribution in [0, 0.1) is 12.3 Å². The largest absolute Gasteiger partial charge is 0.0977 e. The Hall–Kier alpha value is -0.130. The highest BCUT2D eigenvalue weighted by molar-refractivity contribution is 4.81. The van der Waals surface area contributed by atoms with Crippen molar-refractivity contribution in [3.8, 4) is 0 Å². The van der Waals surface area contributed by atoms with Gasteiger partial charge in [0.15, 0.2) is 0 Å². The van der Waals surface area contributed by atoms with Crippen LogP contribution in [0.4, 0.5) is 0 Å². The molecule has 0 bridgehead atoms. The van der Waals surface area contributed by atoms with Gasteiger partial charge in [-0.25, -0.2) is 0 Å². The minimum atomic E-state index is 1.00. The van der Waals surface area contributed by atoms with E-state index in [9.17, 15) is 0 Å². The van der Waals surface area contributed by atoms with Gasteiger partial charge in [0.25, 0.3) is 0 Å². The predicted molar refractivity (Wildman–Crippen MR) is 31.9 cm³/mol. The summed E-state index contributed by atoms with van der Waals surface area (Å²) < 4.78 is 0. The van der Waals surface area contributed by atoms with Gasteiger partial charge < -0.3 is 0 Å². The molecule has 0 unspecified atom stereocenters. The summed E-state index contributed by atoms with van der Waals surface area (Å²) in [7, 11) is 0. The van der Waals surface area contributed by atoms with Gasteiger partial charge in [-0.05, 0) is 26.2 Å². The van der Waals surface area contributed by atoms with Gasteiger partial charge in [0, 0.05) is 0 Å². The first-order valence-electron chi connectivity index (χ1n) is 3.27. The van der Waals surface area contributed by atoms with E-state index in [2.05, 4.69) is 13.3 Å². The number of rotatable bonds is 2. The van der Waals surface area contributed by atoms with Gasteiger partial charge in [-0.3, -0.25) is 0 Å².